The highest BCUT2D eigenvalue weighted by molar-refractivity contribution is 7.80. The summed E-state index contributed by atoms with van der Waals surface area (Å²) < 4.78 is 16.1. The molecule has 0 atom stereocenters. The van der Waals surface area contributed by atoms with Crippen molar-refractivity contribution in [3.63, 3.8) is 0 Å². The van der Waals surface area contributed by atoms with E-state index in [-0.39, 0.29) is 0 Å². The molecule has 13 heavy (non-hydrogen) atoms. The summed E-state index contributed by atoms with van der Waals surface area (Å²) >= 11 is 4.16. The highest BCUT2D eigenvalue weighted by Gasteiger charge is 2.35. The summed E-state index contributed by atoms with van der Waals surface area (Å²) in [4.78, 5) is 0. The number of rotatable bonds is 8. The molecule has 0 unspecified atom stereocenters. The highest BCUT2D eigenvalue weighted by Crippen LogP contribution is 2.16. The maximum absolute atomic E-state index is 5.43. The molecule has 0 radical (unpaired) electrons. The molecule has 0 saturated heterocycles. The van der Waals surface area contributed by atoms with Crippen molar-refractivity contribution in [2.45, 2.75) is 25.3 Å². The fourth-order valence-electron chi connectivity index (χ4n) is 1.19. The average molecular weight is 240 g/mol. The van der Waals surface area contributed by atoms with Crippen LogP contribution in [-0.4, -0.2) is 39.3 Å². The Morgan fingerprint density at radius 2 is 1.77 bits per heavy atom. The van der Waals surface area contributed by atoms with Gasteiger partial charge in [0.2, 0.25) is 0 Å². The third kappa shape index (κ3) is 5.19. The number of hydrogen-bond acceptors (Lipinski definition) is 4. The summed E-state index contributed by atoms with van der Waals surface area (Å²) in [6.45, 7) is 0. The van der Waals surface area contributed by atoms with Crippen molar-refractivity contribution in [1.29, 1.82) is 0 Å². The Hall–Kier alpha value is 0.664. The molecule has 0 fully saturated rings. The van der Waals surface area contributed by atoms with E-state index in [0.29, 0.717) is 10.5 Å². The Balaban J connectivity index is 3.68. The van der Waals surface area contributed by atoms with Gasteiger partial charge in [0.25, 0.3) is 0 Å². The van der Waals surface area contributed by atoms with Crippen LogP contribution in [0.4, 0.5) is 0 Å². The molecule has 80 valence electrons. The van der Waals surface area contributed by atoms with Gasteiger partial charge in [0.15, 0.2) is 0 Å². The van der Waals surface area contributed by atoms with E-state index in [0.717, 1.165) is 24.6 Å². The van der Waals surface area contributed by atoms with Gasteiger partial charge in [-0.25, -0.2) is 0 Å². The molecule has 0 N–H and O–H groups in total. The van der Waals surface area contributed by atoms with Gasteiger partial charge in [-0.1, -0.05) is 6.42 Å². The molecule has 0 aliphatic rings. The van der Waals surface area contributed by atoms with Crippen LogP contribution < -0.4 is 0 Å². The quantitative estimate of drug-likeness (QED) is 0.383. The van der Waals surface area contributed by atoms with Crippen LogP contribution in [0.15, 0.2) is 0 Å². The molecule has 0 spiro atoms. The van der Waals surface area contributed by atoms with Crippen molar-refractivity contribution in [3.05, 3.63) is 0 Å². The molecule has 0 saturated carbocycles. The van der Waals surface area contributed by atoms with E-state index in [1.165, 1.54) is 6.42 Å². The van der Waals surface area contributed by atoms with Crippen LogP contribution in [0.5, 0.6) is 0 Å². The Morgan fingerprint density at radius 3 is 2.15 bits per heavy atom. The lowest BCUT2D eigenvalue weighted by Crippen LogP contribution is -2.43. The summed E-state index contributed by atoms with van der Waals surface area (Å²) in [5, 5.41) is 0. The lowest BCUT2D eigenvalue weighted by molar-refractivity contribution is 0.165. The minimum Gasteiger partial charge on any atom is -0.424 e. The summed E-state index contributed by atoms with van der Waals surface area (Å²) in [6.07, 6.45) is 3.44. The normalized spacial score (nSPS) is 12.2. The Labute approximate surface area is 90.5 Å². The molecule has 0 amide bonds. The van der Waals surface area contributed by atoms with Crippen molar-refractivity contribution in [2.24, 2.45) is 0 Å². The van der Waals surface area contributed by atoms with E-state index in [1.807, 2.05) is 0 Å². The molecule has 0 aliphatic heterocycles. The topological polar surface area (TPSA) is 27.7 Å². The largest absolute Gasteiger partial charge is 0.489 e. The zero-order chi connectivity index (χ0) is 10.2. The second kappa shape index (κ2) is 8.01. The van der Waals surface area contributed by atoms with E-state index < -0.39 is 8.80 Å². The van der Waals surface area contributed by atoms with E-state index in [2.05, 4.69) is 12.6 Å². The SMILES string of the molecule is CO[Si](CCCCCS)(OC)O[SiH3]. The van der Waals surface area contributed by atoms with Gasteiger partial charge in [0, 0.05) is 20.3 Å². The number of unbranched alkanes of at least 4 members (excludes halogenated alkanes) is 2. The predicted molar refractivity (Wildman–Crippen MR) is 63.3 cm³/mol. The van der Waals surface area contributed by atoms with Crippen LogP contribution in [0, 0.1) is 0 Å². The zero-order valence-electron chi connectivity index (χ0n) is 8.71. The average Bonchev–Trinajstić information content (AvgIpc) is 2.20. The van der Waals surface area contributed by atoms with Gasteiger partial charge in [0.05, 0.1) is 0 Å². The molecule has 0 aliphatic carbocycles. The Kier molecular flexibility index (Phi) is 8.42. The van der Waals surface area contributed by atoms with Crippen LogP contribution in [0.1, 0.15) is 19.3 Å². The molecule has 0 aromatic rings. The van der Waals surface area contributed by atoms with Gasteiger partial charge >= 0.3 is 8.80 Å². The second-order valence-corrected chi connectivity index (χ2v) is 7.59. The number of hydrogen-bond donors (Lipinski definition) is 1. The second-order valence-electron chi connectivity index (χ2n) is 2.83. The molecule has 0 bridgehead atoms. The fourth-order valence-corrected chi connectivity index (χ4v) is 4.82. The van der Waals surface area contributed by atoms with Crippen molar-refractivity contribution in [1.82, 2.24) is 0 Å². The van der Waals surface area contributed by atoms with Crippen molar-refractivity contribution < 1.29 is 13.0 Å². The molecule has 6 heteroatoms. The molecule has 0 aromatic heterocycles. The van der Waals surface area contributed by atoms with Gasteiger partial charge < -0.3 is 13.0 Å². The molecular weight excluding hydrogens is 220 g/mol. The highest BCUT2D eigenvalue weighted by atomic mass is 32.1. The van der Waals surface area contributed by atoms with Crippen molar-refractivity contribution >= 4 is 31.9 Å². The van der Waals surface area contributed by atoms with Gasteiger partial charge in [-0.15, -0.1) is 0 Å². The first kappa shape index (κ1) is 13.7. The van der Waals surface area contributed by atoms with Gasteiger partial charge in [-0.2, -0.15) is 12.6 Å². The molecule has 3 nitrogen and oxygen atoms in total. The minimum absolute atomic E-state index is 0.681. The Morgan fingerprint density at radius 1 is 1.15 bits per heavy atom. The monoisotopic (exact) mass is 240 g/mol. The summed E-state index contributed by atoms with van der Waals surface area (Å²) in [5.41, 5.74) is 0. The van der Waals surface area contributed by atoms with E-state index in [9.17, 15) is 0 Å². The van der Waals surface area contributed by atoms with Crippen LogP contribution in [0.3, 0.4) is 0 Å². The molecule has 0 heterocycles. The van der Waals surface area contributed by atoms with Crippen LogP contribution in [0.2, 0.25) is 6.04 Å². The standard InChI is InChI=1S/C7H20O3SSi2/c1-8-13(9-2,10-12)7-5-3-4-6-11/h11H,3-7H2,1-2,12H3. The van der Waals surface area contributed by atoms with E-state index >= 15 is 0 Å². The van der Waals surface area contributed by atoms with Gasteiger partial charge in [-0.3, -0.25) is 0 Å². The third-order valence-electron chi connectivity index (χ3n) is 2.07. The van der Waals surface area contributed by atoms with Crippen molar-refractivity contribution in [3.8, 4) is 0 Å². The molecular formula is C7H20O3SSi2. The zero-order valence-corrected chi connectivity index (χ0v) is 12.6. The maximum atomic E-state index is 5.43. The van der Waals surface area contributed by atoms with Crippen LogP contribution in [0.25, 0.3) is 0 Å². The molecule has 0 aromatic carbocycles. The van der Waals surface area contributed by atoms with Crippen LogP contribution >= 0.6 is 12.6 Å². The van der Waals surface area contributed by atoms with E-state index in [4.69, 9.17) is 13.0 Å². The lowest BCUT2D eigenvalue weighted by Gasteiger charge is -2.24. The number of thiol groups is 1. The fraction of sp³-hybridized carbons (Fsp3) is 1.00. The first-order valence-corrected chi connectivity index (χ1v) is 7.89. The minimum atomic E-state index is -2.23. The first-order valence-electron chi connectivity index (χ1n) is 4.51. The summed E-state index contributed by atoms with van der Waals surface area (Å²) in [5.74, 6) is 0.955. The van der Waals surface area contributed by atoms with Gasteiger partial charge in [0.1, 0.15) is 10.5 Å². The summed E-state index contributed by atoms with van der Waals surface area (Å²) in [7, 11) is 1.80. The lowest BCUT2D eigenvalue weighted by atomic mass is 10.3. The van der Waals surface area contributed by atoms with Crippen molar-refractivity contribution in [2.75, 3.05) is 20.0 Å². The van der Waals surface area contributed by atoms with Crippen LogP contribution in [-0.2, 0) is 13.0 Å². The summed E-state index contributed by atoms with van der Waals surface area (Å²) in [6, 6.07) is 0.928. The predicted octanol–water partition coefficient (Wildman–Crippen LogP) is 0.615. The third-order valence-corrected chi connectivity index (χ3v) is 7.09. The maximum Gasteiger partial charge on any atom is 0.489 e. The van der Waals surface area contributed by atoms with Gasteiger partial charge in [-0.05, 0) is 18.6 Å². The van der Waals surface area contributed by atoms with E-state index in [1.54, 1.807) is 14.2 Å². The first-order chi connectivity index (χ1) is 6.24. The smallest absolute Gasteiger partial charge is 0.424 e. The Bertz CT molecular complexity index is 114. The molecule has 0 rings (SSSR count).